The fourth-order valence-corrected chi connectivity index (χ4v) is 3.14. The van der Waals surface area contributed by atoms with Crippen molar-refractivity contribution in [1.29, 1.82) is 0 Å². The largest absolute Gasteiger partial charge is 0.478 e. The summed E-state index contributed by atoms with van der Waals surface area (Å²) in [6.45, 7) is 0. The van der Waals surface area contributed by atoms with Crippen LogP contribution in [0.3, 0.4) is 0 Å². The number of anilines is 2. The van der Waals surface area contributed by atoms with Crippen LogP contribution in [0.25, 0.3) is 0 Å². The van der Waals surface area contributed by atoms with Crippen molar-refractivity contribution >= 4 is 27.4 Å². The van der Waals surface area contributed by atoms with Crippen molar-refractivity contribution in [3.8, 4) is 0 Å². The second kappa shape index (κ2) is 5.41. The average molecular weight is 307 g/mol. The number of carbonyl (C=O) groups is 1. The highest BCUT2D eigenvalue weighted by molar-refractivity contribution is 7.92. The van der Waals surface area contributed by atoms with Gasteiger partial charge in [0.25, 0.3) is 10.0 Å². The number of carboxylic acid groups (broad SMARTS) is 1. The van der Waals surface area contributed by atoms with Crippen LogP contribution in [-0.4, -0.2) is 31.5 Å². The van der Waals surface area contributed by atoms with Crippen LogP contribution in [0.2, 0.25) is 0 Å². The van der Waals surface area contributed by atoms with Crippen molar-refractivity contribution in [2.45, 2.75) is 4.90 Å². The lowest BCUT2D eigenvalue weighted by molar-refractivity contribution is 0.0692. The van der Waals surface area contributed by atoms with Gasteiger partial charge in [0, 0.05) is 25.1 Å². The van der Waals surface area contributed by atoms with Gasteiger partial charge in [0.15, 0.2) is 0 Å². The highest BCUT2D eigenvalue weighted by atomic mass is 32.2. The van der Waals surface area contributed by atoms with Gasteiger partial charge in [-0.15, -0.1) is 0 Å². The third-order valence-electron chi connectivity index (χ3n) is 2.90. The fourth-order valence-electron chi connectivity index (χ4n) is 1.78. The smallest absolute Gasteiger partial charge is 0.337 e. The second-order valence-electron chi connectivity index (χ2n) is 4.24. The molecule has 0 aliphatic heterocycles. The third kappa shape index (κ3) is 2.79. The van der Waals surface area contributed by atoms with Crippen molar-refractivity contribution < 1.29 is 18.3 Å². The number of hydrogen-bond acceptors (Lipinski definition) is 5. The lowest BCUT2D eigenvalue weighted by atomic mass is 10.2. The molecule has 0 unspecified atom stereocenters. The number of sulfonamides is 1. The van der Waals surface area contributed by atoms with Gasteiger partial charge in [-0.25, -0.2) is 13.2 Å². The van der Waals surface area contributed by atoms with Gasteiger partial charge < -0.3 is 10.8 Å². The molecule has 2 rings (SSSR count). The maximum absolute atomic E-state index is 12.6. The summed E-state index contributed by atoms with van der Waals surface area (Å²) in [5, 5.41) is 9.16. The molecule has 0 aliphatic carbocycles. The zero-order valence-corrected chi connectivity index (χ0v) is 11.9. The minimum absolute atomic E-state index is 0.179. The summed E-state index contributed by atoms with van der Waals surface area (Å²) in [6.07, 6.45) is 2.89. The Balaban J connectivity index is 2.57. The van der Waals surface area contributed by atoms with Crippen molar-refractivity contribution in [1.82, 2.24) is 4.98 Å². The standard InChI is InChI=1S/C13H13N3O4S/c1-16(10-4-6-15-7-5-10)21(19,20)12-3-2-9(14)8-11(12)13(17)18/h2-8H,14H2,1H3,(H,17,18). The van der Waals surface area contributed by atoms with E-state index in [1.165, 1.54) is 43.7 Å². The number of carboxylic acids is 1. The van der Waals surface area contributed by atoms with Crippen LogP contribution < -0.4 is 10.0 Å². The summed E-state index contributed by atoms with van der Waals surface area (Å²) in [4.78, 5) is 14.7. The number of nitrogen functional groups attached to an aromatic ring is 1. The molecule has 0 bridgehead atoms. The van der Waals surface area contributed by atoms with Gasteiger partial charge in [0.1, 0.15) is 4.90 Å². The quantitative estimate of drug-likeness (QED) is 0.820. The van der Waals surface area contributed by atoms with Crippen LogP contribution in [0.4, 0.5) is 11.4 Å². The third-order valence-corrected chi connectivity index (χ3v) is 4.74. The van der Waals surface area contributed by atoms with E-state index in [1.807, 2.05) is 0 Å². The van der Waals surface area contributed by atoms with Crippen LogP contribution >= 0.6 is 0 Å². The second-order valence-corrected chi connectivity index (χ2v) is 6.18. The van der Waals surface area contributed by atoms with Gasteiger partial charge in [0.2, 0.25) is 0 Å². The summed E-state index contributed by atoms with van der Waals surface area (Å²) in [5.41, 5.74) is 5.70. The van der Waals surface area contributed by atoms with E-state index in [0.717, 1.165) is 10.4 Å². The Hall–Kier alpha value is -2.61. The first-order valence-electron chi connectivity index (χ1n) is 5.86. The summed E-state index contributed by atoms with van der Waals surface area (Å²) in [7, 11) is -2.68. The lowest BCUT2D eigenvalue weighted by Gasteiger charge is -2.20. The number of benzene rings is 1. The van der Waals surface area contributed by atoms with Crippen molar-refractivity contribution in [3.63, 3.8) is 0 Å². The Kier molecular flexibility index (Phi) is 3.81. The number of pyridine rings is 1. The van der Waals surface area contributed by atoms with E-state index in [9.17, 15) is 13.2 Å². The number of nitrogens with two attached hydrogens (primary N) is 1. The topological polar surface area (TPSA) is 114 Å². The Morgan fingerprint density at radius 2 is 1.86 bits per heavy atom. The summed E-state index contributed by atoms with van der Waals surface area (Å²) < 4.78 is 26.1. The highest BCUT2D eigenvalue weighted by Gasteiger charge is 2.27. The van der Waals surface area contributed by atoms with E-state index in [0.29, 0.717) is 5.69 Å². The SMILES string of the molecule is CN(c1ccncc1)S(=O)(=O)c1ccc(N)cc1C(=O)O. The Morgan fingerprint density at radius 1 is 1.24 bits per heavy atom. The molecule has 110 valence electrons. The van der Waals surface area contributed by atoms with Gasteiger partial charge >= 0.3 is 5.97 Å². The van der Waals surface area contributed by atoms with E-state index in [-0.39, 0.29) is 16.1 Å². The molecule has 0 radical (unpaired) electrons. The zero-order chi connectivity index (χ0) is 15.6. The molecule has 3 N–H and O–H groups in total. The minimum Gasteiger partial charge on any atom is -0.478 e. The first-order valence-corrected chi connectivity index (χ1v) is 7.30. The van der Waals surface area contributed by atoms with E-state index >= 15 is 0 Å². The summed E-state index contributed by atoms with van der Waals surface area (Å²) >= 11 is 0. The highest BCUT2D eigenvalue weighted by Crippen LogP contribution is 2.25. The molecule has 0 spiro atoms. The number of rotatable bonds is 4. The van der Waals surface area contributed by atoms with E-state index in [2.05, 4.69) is 4.98 Å². The maximum atomic E-state index is 12.6. The van der Waals surface area contributed by atoms with E-state index < -0.39 is 16.0 Å². The minimum atomic E-state index is -4.02. The normalized spacial score (nSPS) is 11.1. The monoisotopic (exact) mass is 307 g/mol. The van der Waals surface area contributed by atoms with Gasteiger partial charge in [-0.05, 0) is 30.3 Å². The molecular formula is C13H13N3O4S. The van der Waals surface area contributed by atoms with Crippen LogP contribution in [-0.2, 0) is 10.0 Å². The predicted octanol–water partition coefficient (Wildman–Crippen LogP) is 1.19. The first kappa shape index (κ1) is 14.8. The summed E-state index contributed by atoms with van der Waals surface area (Å²) in [6, 6.07) is 6.67. The van der Waals surface area contributed by atoms with Crippen LogP contribution in [0.5, 0.6) is 0 Å². The van der Waals surface area contributed by atoms with Crippen LogP contribution in [0.1, 0.15) is 10.4 Å². The molecule has 7 nitrogen and oxygen atoms in total. The first-order chi connectivity index (χ1) is 9.84. The van der Waals surface area contributed by atoms with Crippen LogP contribution in [0.15, 0.2) is 47.6 Å². The number of hydrogen-bond donors (Lipinski definition) is 2. The lowest BCUT2D eigenvalue weighted by Crippen LogP contribution is -2.28. The molecule has 0 saturated carbocycles. The maximum Gasteiger partial charge on any atom is 0.337 e. The zero-order valence-electron chi connectivity index (χ0n) is 11.1. The Bertz CT molecular complexity index is 775. The average Bonchev–Trinajstić information content (AvgIpc) is 2.47. The molecule has 1 aromatic heterocycles. The molecule has 2 aromatic rings. The molecule has 0 fully saturated rings. The van der Waals surface area contributed by atoms with Crippen molar-refractivity contribution in [2.75, 3.05) is 17.1 Å². The van der Waals surface area contributed by atoms with Gasteiger partial charge in [0.05, 0.1) is 11.3 Å². The predicted molar refractivity (Wildman–Crippen MR) is 77.6 cm³/mol. The van der Waals surface area contributed by atoms with Gasteiger partial charge in [-0.1, -0.05) is 0 Å². The molecule has 0 amide bonds. The Morgan fingerprint density at radius 3 is 2.43 bits per heavy atom. The molecule has 0 saturated heterocycles. The van der Waals surface area contributed by atoms with Crippen LogP contribution in [0, 0.1) is 0 Å². The molecule has 1 aromatic carbocycles. The fraction of sp³-hybridized carbons (Fsp3) is 0.0769. The number of aromatic nitrogens is 1. The Labute approximate surface area is 121 Å². The molecule has 0 aliphatic rings. The molecular weight excluding hydrogens is 294 g/mol. The molecule has 8 heteroatoms. The summed E-state index contributed by atoms with van der Waals surface area (Å²) in [5.74, 6) is -1.36. The molecule has 0 atom stereocenters. The number of aromatic carboxylic acids is 1. The number of nitrogens with zero attached hydrogens (tertiary/aromatic N) is 2. The van der Waals surface area contributed by atoms with E-state index in [1.54, 1.807) is 0 Å². The molecule has 21 heavy (non-hydrogen) atoms. The van der Waals surface area contributed by atoms with E-state index in [4.69, 9.17) is 10.8 Å². The van der Waals surface area contributed by atoms with Gasteiger partial charge in [-0.2, -0.15) is 0 Å². The van der Waals surface area contributed by atoms with Gasteiger partial charge in [-0.3, -0.25) is 9.29 Å². The van der Waals surface area contributed by atoms with Crippen molar-refractivity contribution in [3.05, 3.63) is 48.3 Å². The molecule has 1 heterocycles. The van der Waals surface area contributed by atoms with Crippen molar-refractivity contribution in [2.24, 2.45) is 0 Å².